The van der Waals surface area contributed by atoms with Crippen LogP contribution in [-0.4, -0.2) is 0 Å². The molecule has 0 saturated carbocycles. The summed E-state index contributed by atoms with van der Waals surface area (Å²) in [5.41, 5.74) is 16.0. The number of hydrogen-bond acceptors (Lipinski definition) is 0. The van der Waals surface area contributed by atoms with Crippen molar-refractivity contribution >= 4 is 43.1 Å². The minimum absolute atomic E-state index is 0.194. The summed E-state index contributed by atoms with van der Waals surface area (Å²) in [6.45, 7) is 9.75. The van der Waals surface area contributed by atoms with Crippen LogP contribution in [0.3, 0.4) is 0 Å². The lowest BCUT2D eigenvalue weighted by Gasteiger charge is -2.30. The number of benzene rings is 9. The molecule has 0 fully saturated rings. The van der Waals surface area contributed by atoms with Crippen LogP contribution < -0.4 is 0 Å². The normalized spacial score (nSPS) is 14.8. The highest BCUT2D eigenvalue weighted by Gasteiger charge is 2.41. The number of fused-ring (bicyclic) bond motifs is 12. The van der Waals surface area contributed by atoms with Gasteiger partial charge in [0, 0.05) is 10.8 Å². The molecule has 0 radical (unpaired) electrons. The van der Waals surface area contributed by atoms with Gasteiger partial charge in [-0.3, -0.25) is 0 Å². The SMILES string of the molecule is CC1(C)c2ccccc2-c2ccc3c(-c4cccc5ccccc45)c4c5c(ccc4c(-c4cccc6ccccc46)c3c21)-c1ccccc1C5(C)C. The van der Waals surface area contributed by atoms with Gasteiger partial charge >= 0.3 is 0 Å². The largest absolute Gasteiger partial charge is 0.0619 e. The summed E-state index contributed by atoms with van der Waals surface area (Å²) >= 11 is 0. The molecule has 246 valence electrons. The van der Waals surface area contributed by atoms with Crippen LogP contribution in [-0.2, 0) is 10.8 Å². The third-order valence-electron chi connectivity index (χ3n) is 12.6. The van der Waals surface area contributed by atoms with Crippen LogP contribution in [0, 0.1) is 0 Å². The van der Waals surface area contributed by atoms with Crippen molar-refractivity contribution in [1.82, 2.24) is 0 Å². The molecule has 0 heteroatoms. The highest BCUT2D eigenvalue weighted by atomic mass is 14.4. The lowest BCUT2D eigenvalue weighted by molar-refractivity contribution is 0.665. The van der Waals surface area contributed by atoms with Gasteiger partial charge in [-0.2, -0.15) is 0 Å². The van der Waals surface area contributed by atoms with Crippen molar-refractivity contribution in [1.29, 1.82) is 0 Å². The van der Waals surface area contributed by atoms with Gasteiger partial charge < -0.3 is 0 Å². The average molecular weight is 663 g/mol. The van der Waals surface area contributed by atoms with E-state index in [0.29, 0.717) is 0 Å². The Morgan fingerprint density at radius 3 is 1.12 bits per heavy atom. The van der Waals surface area contributed by atoms with E-state index in [2.05, 4.69) is 185 Å². The summed E-state index contributed by atoms with van der Waals surface area (Å²) in [6.07, 6.45) is 0. The van der Waals surface area contributed by atoms with Crippen LogP contribution in [0.2, 0.25) is 0 Å². The van der Waals surface area contributed by atoms with Gasteiger partial charge in [-0.15, -0.1) is 0 Å². The van der Waals surface area contributed by atoms with Gasteiger partial charge in [0.25, 0.3) is 0 Å². The monoisotopic (exact) mass is 662 g/mol. The maximum atomic E-state index is 2.46. The van der Waals surface area contributed by atoms with Gasteiger partial charge in [0.2, 0.25) is 0 Å². The summed E-state index contributed by atoms with van der Waals surface area (Å²) < 4.78 is 0. The topological polar surface area (TPSA) is 0 Å². The molecule has 0 atom stereocenters. The molecule has 0 nitrogen and oxygen atoms in total. The van der Waals surface area contributed by atoms with Gasteiger partial charge in [0.05, 0.1) is 0 Å². The molecule has 0 aliphatic heterocycles. The molecular weight excluding hydrogens is 625 g/mol. The van der Waals surface area contributed by atoms with E-state index in [4.69, 9.17) is 0 Å². The second-order valence-electron chi connectivity index (χ2n) is 16.0. The lowest BCUT2D eigenvalue weighted by Crippen LogP contribution is -2.17. The Labute approximate surface area is 305 Å². The van der Waals surface area contributed by atoms with Crippen molar-refractivity contribution in [2.45, 2.75) is 38.5 Å². The molecule has 0 amide bonds. The first-order chi connectivity index (χ1) is 25.4. The Morgan fingerprint density at radius 1 is 0.288 bits per heavy atom. The average Bonchev–Trinajstić information content (AvgIpc) is 3.56. The van der Waals surface area contributed by atoms with E-state index in [0.717, 1.165) is 0 Å². The third kappa shape index (κ3) is 3.72. The van der Waals surface area contributed by atoms with Gasteiger partial charge in [-0.05, 0) is 110 Å². The van der Waals surface area contributed by atoms with Gasteiger partial charge in [0.1, 0.15) is 0 Å². The molecule has 0 heterocycles. The molecule has 9 aromatic rings. The van der Waals surface area contributed by atoms with Gasteiger partial charge in [-0.25, -0.2) is 0 Å². The summed E-state index contributed by atoms with van der Waals surface area (Å²) in [5, 5.41) is 10.5. The van der Waals surface area contributed by atoms with Gasteiger partial charge in [0.15, 0.2) is 0 Å². The van der Waals surface area contributed by atoms with E-state index in [-0.39, 0.29) is 10.8 Å². The van der Waals surface area contributed by atoms with E-state index < -0.39 is 0 Å². The number of hydrogen-bond donors (Lipinski definition) is 0. The molecule has 52 heavy (non-hydrogen) atoms. The van der Waals surface area contributed by atoms with Crippen molar-refractivity contribution in [3.05, 3.63) is 180 Å². The van der Waals surface area contributed by atoms with Gasteiger partial charge in [-0.1, -0.05) is 185 Å². The summed E-state index contributed by atoms with van der Waals surface area (Å²) in [4.78, 5) is 0. The maximum Gasteiger partial charge on any atom is 0.0165 e. The Bertz CT molecular complexity index is 2790. The molecule has 9 aromatic carbocycles. The van der Waals surface area contributed by atoms with Crippen LogP contribution in [0.4, 0.5) is 0 Å². The first-order valence-corrected chi connectivity index (χ1v) is 18.6. The third-order valence-corrected chi connectivity index (χ3v) is 12.6. The zero-order valence-electron chi connectivity index (χ0n) is 30.0. The molecule has 0 saturated heterocycles. The van der Waals surface area contributed by atoms with Crippen molar-refractivity contribution in [2.75, 3.05) is 0 Å². The van der Waals surface area contributed by atoms with E-state index in [1.807, 2.05) is 0 Å². The first-order valence-electron chi connectivity index (χ1n) is 18.6. The minimum atomic E-state index is -0.194. The Kier molecular flexibility index (Phi) is 5.89. The Hall–Kier alpha value is -5.98. The molecule has 2 aliphatic carbocycles. The molecule has 0 aromatic heterocycles. The molecule has 11 rings (SSSR count). The van der Waals surface area contributed by atoms with Crippen LogP contribution in [0.15, 0.2) is 158 Å². The van der Waals surface area contributed by atoms with Crippen molar-refractivity contribution in [3.8, 4) is 44.5 Å². The number of rotatable bonds is 2. The zero-order valence-corrected chi connectivity index (χ0v) is 30.0. The molecule has 0 spiro atoms. The Morgan fingerprint density at radius 2 is 0.654 bits per heavy atom. The lowest BCUT2D eigenvalue weighted by atomic mass is 9.73. The summed E-state index contributed by atoms with van der Waals surface area (Å²) in [7, 11) is 0. The van der Waals surface area contributed by atoms with Crippen LogP contribution >= 0.6 is 0 Å². The second kappa shape index (κ2) is 10.3. The molecule has 0 unspecified atom stereocenters. The highest BCUT2D eigenvalue weighted by molar-refractivity contribution is 6.28. The molecule has 0 bridgehead atoms. The Balaban J connectivity index is 1.45. The first kappa shape index (κ1) is 29.7. The van der Waals surface area contributed by atoms with Crippen LogP contribution in [0.25, 0.3) is 87.6 Å². The second-order valence-corrected chi connectivity index (χ2v) is 16.0. The van der Waals surface area contributed by atoms with E-state index in [1.165, 1.54) is 110 Å². The highest BCUT2D eigenvalue weighted by Crippen LogP contribution is 2.60. The molecular formula is C52H38. The zero-order chi connectivity index (χ0) is 34.9. The summed E-state index contributed by atoms with van der Waals surface area (Å²) in [6, 6.07) is 59.6. The smallest absolute Gasteiger partial charge is 0.0165 e. The minimum Gasteiger partial charge on any atom is -0.0619 e. The summed E-state index contributed by atoms with van der Waals surface area (Å²) in [5.74, 6) is 0. The van der Waals surface area contributed by atoms with Crippen molar-refractivity contribution < 1.29 is 0 Å². The maximum absolute atomic E-state index is 2.46. The standard InChI is InChI=1S/C52H38/c1-51(2)43-25-11-9-21-35(43)39-27-29-41-46(38-24-14-18-32-16-6-8-20-34(32)38)48-42(30-28-40-36-22-10-12-26-44(36)52(3,4)50(40)48)45(47(41)49(39)51)37-23-13-17-31-15-5-7-19-33(31)37/h5-30H,1-4H3. The molecule has 0 N–H and O–H groups in total. The van der Waals surface area contributed by atoms with E-state index in [9.17, 15) is 0 Å². The fourth-order valence-corrected chi connectivity index (χ4v) is 10.4. The van der Waals surface area contributed by atoms with E-state index >= 15 is 0 Å². The quantitative estimate of drug-likeness (QED) is 0.162. The fourth-order valence-electron chi connectivity index (χ4n) is 10.4. The molecule has 2 aliphatic rings. The van der Waals surface area contributed by atoms with Crippen LogP contribution in [0.1, 0.15) is 49.9 Å². The predicted octanol–water partition coefficient (Wildman–Crippen LogP) is 14.2. The fraction of sp³-hybridized carbons (Fsp3) is 0.115. The van der Waals surface area contributed by atoms with Crippen molar-refractivity contribution in [2.24, 2.45) is 0 Å². The van der Waals surface area contributed by atoms with E-state index in [1.54, 1.807) is 0 Å². The van der Waals surface area contributed by atoms with Crippen molar-refractivity contribution in [3.63, 3.8) is 0 Å². The predicted molar refractivity (Wildman–Crippen MR) is 222 cm³/mol. The van der Waals surface area contributed by atoms with Crippen LogP contribution in [0.5, 0.6) is 0 Å².